The minimum atomic E-state index is -4.60. The highest BCUT2D eigenvalue weighted by atomic mass is 35.5. The molecule has 0 aliphatic carbocycles. The number of benzene rings is 3. The monoisotopic (exact) mass is 597 g/mol. The lowest BCUT2D eigenvalue weighted by Crippen LogP contribution is -2.25. The highest BCUT2D eigenvalue weighted by Gasteiger charge is 2.31. The molecule has 0 aliphatic heterocycles. The summed E-state index contributed by atoms with van der Waals surface area (Å²) in [4.78, 5) is 30.8. The number of nitrogens with one attached hydrogen (secondary N) is 1. The predicted molar refractivity (Wildman–Crippen MR) is 145 cm³/mol. The Hall–Kier alpha value is -3.41. The summed E-state index contributed by atoms with van der Waals surface area (Å²) in [6, 6.07) is 12.6. The van der Waals surface area contributed by atoms with Crippen molar-refractivity contribution >= 4 is 57.5 Å². The number of halogens is 5. The molecule has 0 saturated carbocycles. The molecule has 39 heavy (non-hydrogen) atoms. The summed E-state index contributed by atoms with van der Waals surface area (Å²) in [5.74, 6) is -0.195. The fourth-order valence-corrected chi connectivity index (χ4v) is 4.75. The normalized spacial score (nSPS) is 11.5. The molecule has 4 aromatic rings. The minimum absolute atomic E-state index is 0.0501. The lowest BCUT2D eigenvalue weighted by Gasteiger charge is -2.15. The van der Waals surface area contributed by atoms with E-state index in [0.29, 0.717) is 22.0 Å². The third-order valence-electron chi connectivity index (χ3n) is 5.58. The van der Waals surface area contributed by atoms with Crippen molar-refractivity contribution in [3.8, 4) is 11.5 Å². The highest BCUT2D eigenvalue weighted by Crippen LogP contribution is 2.34. The number of anilines is 1. The Bertz CT molecular complexity index is 1600. The second-order valence-corrected chi connectivity index (χ2v) is 9.95. The van der Waals surface area contributed by atoms with Crippen LogP contribution in [0, 0.1) is 0 Å². The molecule has 0 atom stereocenters. The number of hydrogen-bond acceptors (Lipinski definition) is 6. The fourth-order valence-electron chi connectivity index (χ4n) is 3.66. The molecule has 0 unspecified atom stereocenters. The number of methoxy groups -OCH3 is 2. The van der Waals surface area contributed by atoms with Crippen molar-refractivity contribution in [2.24, 2.45) is 0 Å². The van der Waals surface area contributed by atoms with E-state index >= 15 is 0 Å². The van der Waals surface area contributed by atoms with Crippen LogP contribution in [0.25, 0.3) is 10.9 Å². The Balaban J connectivity index is 1.68. The molecule has 1 heterocycles. The number of carbonyl (C=O) groups is 1. The summed E-state index contributed by atoms with van der Waals surface area (Å²) in [6.07, 6.45) is -4.60. The molecule has 0 spiro atoms. The number of carbonyl (C=O) groups excluding carboxylic acids is 1. The van der Waals surface area contributed by atoms with E-state index in [9.17, 15) is 22.8 Å². The minimum Gasteiger partial charge on any atom is -0.493 e. The summed E-state index contributed by atoms with van der Waals surface area (Å²) in [6.45, 7) is 0.122. The van der Waals surface area contributed by atoms with Crippen molar-refractivity contribution in [2.75, 3.05) is 25.3 Å². The molecule has 1 N–H and O–H groups in total. The van der Waals surface area contributed by atoms with Gasteiger partial charge in [0.2, 0.25) is 5.91 Å². The van der Waals surface area contributed by atoms with Gasteiger partial charge in [-0.25, -0.2) is 4.98 Å². The van der Waals surface area contributed by atoms with Gasteiger partial charge in [-0.15, -0.1) is 0 Å². The summed E-state index contributed by atoms with van der Waals surface area (Å²) in [5.41, 5.74) is -0.454. The number of ether oxygens (including phenoxy) is 2. The Morgan fingerprint density at radius 2 is 1.69 bits per heavy atom. The number of aromatic nitrogens is 2. The topological polar surface area (TPSA) is 82.5 Å². The second kappa shape index (κ2) is 11.8. The van der Waals surface area contributed by atoms with E-state index < -0.39 is 17.6 Å². The number of fused-ring (bicyclic) bond motifs is 1. The summed E-state index contributed by atoms with van der Waals surface area (Å²) >= 11 is 12.9. The van der Waals surface area contributed by atoms with Crippen LogP contribution < -0.4 is 20.3 Å². The van der Waals surface area contributed by atoms with Crippen LogP contribution in [-0.2, 0) is 17.5 Å². The van der Waals surface area contributed by atoms with Crippen molar-refractivity contribution in [3.63, 3.8) is 0 Å². The molecule has 0 fully saturated rings. The van der Waals surface area contributed by atoms with Crippen LogP contribution in [-0.4, -0.2) is 35.4 Å². The van der Waals surface area contributed by atoms with Gasteiger partial charge in [-0.2, -0.15) is 13.2 Å². The van der Waals surface area contributed by atoms with Crippen LogP contribution >= 0.6 is 35.0 Å². The molecule has 0 radical (unpaired) electrons. The fraction of sp³-hybridized carbons (Fsp3) is 0.192. The summed E-state index contributed by atoms with van der Waals surface area (Å²) in [7, 11) is 2.90. The lowest BCUT2D eigenvalue weighted by molar-refractivity contribution is -0.137. The number of rotatable bonds is 8. The van der Waals surface area contributed by atoms with Gasteiger partial charge in [0.05, 0.1) is 53.7 Å². The molecular formula is C26H20Cl2F3N3O4S. The molecule has 3 aromatic carbocycles. The molecular weight excluding hydrogens is 578 g/mol. The van der Waals surface area contributed by atoms with Crippen LogP contribution in [0.1, 0.15) is 11.1 Å². The van der Waals surface area contributed by atoms with Crippen LogP contribution in [0.2, 0.25) is 10.0 Å². The lowest BCUT2D eigenvalue weighted by atomic mass is 10.2. The first kappa shape index (κ1) is 28.6. The van der Waals surface area contributed by atoms with Crippen molar-refractivity contribution in [3.05, 3.63) is 86.1 Å². The Labute approximate surface area is 234 Å². The molecule has 4 rings (SSSR count). The zero-order valence-electron chi connectivity index (χ0n) is 20.4. The maximum atomic E-state index is 13.6. The van der Waals surface area contributed by atoms with Crippen LogP contribution in [0.3, 0.4) is 0 Å². The van der Waals surface area contributed by atoms with Gasteiger partial charge in [-0.3, -0.25) is 14.2 Å². The largest absolute Gasteiger partial charge is 0.493 e. The Morgan fingerprint density at radius 1 is 1.03 bits per heavy atom. The average Bonchev–Trinajstić information content (AvgIpc) is 2.90. The van der Waals surface area contributed by atoms with E-state index in [-0.39, 0.29) is 39.1 Å². The average molecular weight is 598 g/mol. The van der Waals surface area contributed by atoms with Crippen molar-refractivity contribution in [1.82, 2.24) is 9.55 Å². The SMILES string of the molecule is COc1cc2nc(SCC(=O)Nc3cc(C(F)(F)F)ccc3Cl)n(Cc3ccc(Cl)cc3)c(=O)c2cc1OC. The molecule has 13 heteroatoms. The number of hydrogen-bond donors (Lipinski definition) is 1. The maximum Gasteiger partial charge on any atom is 0.416 e. The number of alkyl halides is 3. The zero-order valence-corrected chi connectivity index (χ0v) is 22.8. The van der Waals surface area contributed by atoms with E-state index in [1.807, 2.05) is 0 Å². The van der Waals surface area contributed by atoms with Gasteiger partial charge in [0.25, 0.3) is 5.56 Å². The predicted octanol–water partition coefficient (Wildman–Crippen LogP) is 6.52. The summed E-state index contributed by atoms with van der Waals surface area (Å²) in [5, 5.41) is 3.35. The van der Waals surface area contributed by atoms with E-state index in [1.165, 1.54) is 24.9 Å². The van der Waals surface area contributed by atoms with Gasteiger partial charge in [0, 0.05) is 11.1 Å². The van der Waals surface area contributed by atoms with Gasteiger partial charge < -0.3 is 14.8 Å². The number of thioether (sulfide) groups is 1. The van der Waals surface area contributed by atoms with Crippen LogP contribution in [0.4, 0.5) is 18.9 Å². The van der Waals surface area contributed by atoms with Gasteiger partial charge in [-0.05, 0) is 42.0 Å². The van der Waals surface area contributed by atoms with Crippen LogP contribution in [0.15, 0.2) is 64.5 Å². The molecule has 1 aromatic heterocycles. The Morgan fingerprint density at radius 3 is 2.33 bits per heavy atom. The molecule has 0 aliphatic rings. The standard InChI is InChI=1S/C26H20Cl2F3N3O4S/c1-37-21-10-17-19(11-22(21)38-2)33-25(34(24(17)36)12-14-3-6-16(27)7-4-14)39-13-23(35)32-20-9-15(26(29,30)31)5-8-18(20)28/h3-11H,12-13H2,1-2H3,(H,32,35). The van der Waals surface area contributed by atoms with E-state index in [4.69, 9.17) is 32.7 Å². The number of amides is 1. The first-order valence-corrected chi connectivity index (χ1v) is 12.9. The molecule has 0 bridgehead atoms. The van der Waals surface area contributed by atoms with E-state index in [1.54, 1.807) is 30.3 Å². The summed E-state index contributed by atoms with van der Waals surface area (Å²) < 4.78 is 51.3. The smallest absolute Gasteiger partial charge is 0.416 e. The van der Waals surface area contributed by atoms with Crippen molar-refractivity contribution in [1.29, 1.82) is 0 Å². The first-order chi connectivity index (χ1) is 18.5. The van der Waals surface area contributed by atoms with Crippen molar-refractivity contribution < 1.29 is 27.4 Å². The molecule has 0 saturated heterocycles. The van der Waals surface area contributed by atoms with Crippen LogP contribution in [0.5, 0.6) is 11.5 Å². The van der Waals surface area contributed by atoms with Gasteiger partial charge in [-0.1, -0.05) is 47.1 Å². The maximum absolute atomic E-state index is 13.6. The quantitative estimate of drug-likeness (QED) is 0.184. The molecule has 1 amide bonds. The Kier molecular flexibility index (Phi) is 8.63. The van der Waals surface area contributed by atoms with Gasteiger partial charge >= 0.3 is 6.18 Å². The van der Waals surface area contributed by atoms with Gasteiger partial charge in [0.15, 0.2) is 16.7 Å². The second-order valence-electron chi connectivity index (χ2n) is 8.17. The third kappa shape index (κ3) is 6.60. The first-order valence-electron chi connectivity index (χ1n) is 11.2. The van der Waals surface area contributed by atoms with E-state index in [2.05, 4.69) is 10.3 Å². The zero-order chi connectivity index (χ0) is 28.3. The number of nitrogens with zero attached hydrogens (tertiary/aromatic N) is 2. The highest BCUT2D eigenvalue weighted by molar-refractivity contribution is 7.99. The van der Waals surface area contributed by atoms with E-state index in [0.717, 1.165) is 35.5 Å². The molecule has 204 valence electrons. The third-order valence-corrected chi connectivity index (χ3v) is 7.14. The molecule has 7 nitrogen and oxygen atoms in total. The van der Waals surface area contributed by atoms with Crippen molar-refractivity contribution in [2.45, 2.75) is 17.9 Å². The van der Waals surface area contributed by atoms with Gasteiger partial charge in [0.1, 0.15) is 0 Å².